The monoisotopic (exact) mass is 429 g/mol. The topological polar surface area (TPSA) is 24.7 Å². The molecular weight excluding hydrogens is 388 g/mol. The van der Waals surface area contributed by atoms with Crippen LogP contribution in [0.1, 0.15) is 94.6 Å². The van der Waals surface area contributed by atoms with Crippen LogP contribution in [0.3, 0.4) is 0 Å². The minimum atomic E-state index is 0.363. The van der Waals surface area contributed by atoms with Gasteiger partial charge in [0.25, 0.3) is 0 Å². The van der Waals surface area contributed by atoms with Crippen LogP contribution in [0.5, 0.6) is 0 Å². The Labute approximate surface area is 196 Å². The van der Waals surface area contributed by atoms with Gasteiger partial charge in [0.05, 0.1) is 5.92 Å². The fourth-order valence-electron chi connectivity index (χ4n) is 4.87. The number of unbranched alkanes of at least 4 members (excludes halogenated alkanes) is 9. The quantitative estimate of drug-likeness (QED) is 0.188. The van der Waals surface area contributed by atoms with Crippen molar-refractivity contribution in [3.63, 3.8) is 0 Å². The molecule has 0 N–H and O–H groups in total. The number of rotatable bonds is 16. The van der Waals surface area contributed by atoms with E-state index in [9.17, 15) is 0 Å². The average molecular weight is 430 g/mol. The molecular formula is C30H41N2+. The van der Waals surface area contributed by atoms with E-state index in [1.54, 1.807) is 0 Å². The molecule has 0 spiro atoms. The molecule has 1 heterocycles. The maximum atomic E-state index is 4.66. The zero-order valence-electron chi connectivity index (χ0n) is 20.0. The molecule has 170 valence electrons. The van der Waals surface area contributed by atoms with Gasteiger partial charge in [-0.2, -0.15) is 0 Å². The highest BCUT2D eigenvalue weighted by molar-refractivity contribution is 6.18. The van der Waals surface area contributed by atoms with Crippen LogP contribution in [0.15, 0.2) is 70.6 Å². The Hall–Kier alpha value is -2.35. The number of aliphatic imine (C=N–C) groups is 2. The van der Waals surface area contributed by atoms with Gasteiger partial charge in [-0.15, -0.1) is 0 Å². The molecule has 2 aromatic carbocycles. The molecule has 2 atom stereocenters. The maximum absolute atomic E-state index is 4.66. The highest BCUT2D eigenvalue weighted by Crippen LogP contribution is 2.40. The second kappa shape index (κ2) is 14.7. The fourth-order valence-corrected chi connectivity index (χ4v) is 4.87. The Kier molecular flexibility index (Phi) is 11.1. The van der Waals surface area contributed by atoms with Gasteiger partial charge in [-0.3, -0.25) is 0 Å². The summed E-state index contributed by atoms with van der Waals surface area (Å²) in [6, 6.07) is 21.9. The summed E-state index contributed by atoms with van der Waals surface area (Å²) in [7, 11) is 0. The van der Waals surface area contributed by atoms with E-state index in [0.717, 1.165) is 19.0 Å². The molecule has 0 saturated heterocycles. The highest BCUT2D eigenvalue weighted by atomic mass is 15.0. The van der Waals surface area contributed by atoms with Crippen molar-refractivity contribution in [1.29, 1.82) is 0 Å². The lowest BCUT2D eigenvalue weighted by Gasteiger charge is -2.26. The van der Waals surface area contributed by atoms with Crippen molar-refractivity contribution in [1.82, 2.24) is 0 Å². The molecule has 3 rings (SSSR count). The third kappa shape index (κ3) is 8.30. The van der Waals surface area contributed by atoms with E-state index >= 15 is 0 Å². The van der Waals surface area contributed by atoms with Crippen molar-refractivity contribution in [3.05, 3.63) is 78.0 Å². The summed E-state index contributed by atoms with van der Waals surface area (Å²) in [5.74, 6) is 0.765. The van der Waals surface area contributed by atoms with Crippen LogP contribution < -0.4 is 0 Å². The molecule has 0 aromatic heterocycles. The highest BCUT2D eigenvalue weighted by Gasteiger charge is 2.36. The number of hydrogen-bond acceptors (Lipinski definition) is 2. The minimum absolute atomic E-state index is 0.363. The Bertz CT molecular complexity index is 769. The van der Waals surface area contributed by atoms with Crippen molar-refractivity contribution in [3.8, 4) is 0 Å². The van der Waals surface area contributed by atoms with E-state index in [0.29, 0.717) is 11.8 Å². The summed E-state index contributed by atoms with van der Waals surface area (Å²) >= 11 is 0. The van der Waals surface area contributed by atoms with Crippen molar-refractivity contribution >= 4 is 12.4 Å². The third-order valence-electron chi connectivity index (χ3n) is 6.69. The first-order chi connectivity index (χ1) is 15.9. The largest absolute Gasteiger partial charge is 0.244 e. The zero-order chi connectivity index (χ0) is 22.3. The van der Waals surface area contributed by atoms with Crippen molar-refractivity contribution in [2.75, 3.05) is 0 Å². The molecule has 0 saturated carbocycles. The van der Waals surface area contributed by atoms with E-state index in [1.807, 2.05) is 12.4 Å². The van der Waals surface area contributed by atoms with Crippen molar-refractivity contribution in [2.24, 2.45) is 15.9 Å². The van der Waals surface area contributed by atoms with Crippen LogP contribution in [-0.4, -0.2) is 12.4 Å². The fraction of sp³-hybridized carbons (Fsp3) is 0.500. The van der Waals surface area contributed by atoms with E-state index in [2.05, 4.69) is 77.6 Å². The molecule has 0 fully saturated rings. The van der Waals surface area contributed by atoms with Crippen molar-refractivity contribution < 1.29 is 0 Å². The number of benzene rings is 2. The van der Waals surface area contributed by atoms with Crippen molar-refractivity contribution in [2.45, 2.75) is 89.9 Å². The summed E-state index contributed by atoms with van der Waals surface area (Å²) < 4.78 is 0. The van der Waals surface area contributed by atoms with Gasteiger partial charge >= 0.3 is 0 Å². The van der Waals surface area contributed by atoms with Crippen LogP contribution in [0.25, 0.3) is 0 Å². The second-order valence-electron chi connectivity index (χ2n) is 9.20. The van der Waals surface area contributed by atoms with Crippen LogP contribution in [0, 0.1) is 12.1 Å². The molecule has 0 amide bonds. The normalized spacial score (nSPS) is 14.7. The van der Waals surface area contributed by atoms with Crippen LogP contribution >= 0.6 is 0 Å². The summed E-state index contributed by atoms with van der Waals surface area (Å²) in [6.07, 6.45) is 20.6. The molecule has 0 aliphatic carbocycles. The number of hydrogen-bond donors (Lipinski definition) is 0. The van der Waals surface area contributed by atoms with Gasteiger partial charge in [-0.1, -0.05) is 142 Å². The first kappa shape index (κ1) is 24.3. The predicted molar refractivity (Wildman–Crippen MR) is 140 cm³/mol. The lowest BCUT2D eigenvalue weighted by molar-refractivity contribution is 0.382. The Morgan fingerprint density at radius 1 is 0.656 bits per heavy atom. The average Bonchev–Trinajstić information content (AvgIpc) is 3.37. The second-order valence-corrected chi connectivity index (χ2v) is 9.20. The molecule has 0 radical (unpaired) electrons. The summed E-state index contributed by atoms with van der Waals surface area (Å²) in [5, 5.41) is 0. The van der Waals surface area contributed by atoms with Gasteiger partial charge in [0, 0.05) is 5.92 Å². The lowest BCUT2D eigenvalue weighted by atomic mass is 9.77. The molecule has 1 aliphatic rings. The standard InChI is InChI=1S/C30H41N2/c1-2-3-4-5-6-7-8-9-10-17-22-28(30-31-23-24-32-30)29(27-20-15-12-16-21-27)25-26-18-13-11-14-19-26/h11-16,18-21,23-24,28-29H,2-10,17,22,25H2,1H3/q+1. The first-order valence-corrected chi connectivity index (χ1v) is 12.9. The molecule has 1 aliphatic heterocycles. The Morgan fingerprint density at radius 2 is 1.19 bits per heavy atom. The van der Waals surface area contributed by atoms with E-state index in [-0.39, 0.29) is 0 Å². The van der Waals surface area contributed by atoms with Gasteiger partial charge in [-0.25, -0.2) is 0 Å². The molecule has 2 aromatic rings. The molecule has 2 heteroatoms. The molecule has 2 unspecified atom stereocenters. The van der Waals surface area contributed by atoms with E-state index in [1.165, 1.54) is 75.3 Å². The van der Waals surface area contributed by atoms with Crippen LogP contribution in [0.4, 0.5) is 0 Å². The van der Waals surface area contributed by atoms with Crippen LogP contribution in [0.2, 0.25) is 0 Å². The van der Waals surface area contributed by atoms with E-state index in [4.69, 9.17) is 0 Å². The number of nitrogens with zero attached hydrogens (tertiary/aromatic N) is 2. The van der Waals surface area contributed by atoms with Crippen LogP contribution in [-0.2, 0) is 6.42 Å². The maximum Gasteiger partial charge on any atom is 0.244 e. The minimum Gasteiger partial charge on any atom is -0.0965 e. The van der Waals surface area contributed by atoms with Gasteiger partial charge in [0.15, 0.2) is 12.4 Å². The molecule has 0 bridgehead atoms. The van der Waals surface area contributed by atoms with Gasteiger partial charge in [-0.05, 0) is 24.0 Å². The smallest absolute Gasteiger partial charge is 0.0965 e. The van der Waals surface area contributed by atoms with Gasteiger partial charge in [0.1, 0.15) is 0 Å². The van der Waals surface area contributed by atoms with Gasteiger partial charge in [0.2, 0.25) is 6.17 Å². The lowest BCUT2D eigenvalue weighted by Crippen LogP contribution is -2.20. The Morgan fingerprint density at radius 3 is 1.78 bits per heavy atom. The first-order valence-electron chi connectivity index (χ1n) is 12.9. The summed E-state index contributed by atoms with van der Waals surface area (Å²) in [5.41, 5.74) is 2.79. The summed E-state index contributed by atoms with van der Waals surface area (Å²) in [6.45, 7) is 2.29. The summed E-state index contributed by atoms with van der Waals surface area (Å²) in [4.78, 5) is 9.31. The Balaban J connectivity index is 1.56. The van der Waals surface area contributed by atoms with Gasteiger partial charge < -0.3 is 0 Å². The SMILES string of the molecule is CCCCCCCCCCCCC([C+]1N=CC=N1)C(Cc1ccccc1)c1ccccc1. The zero-order valence-corrected chi connectivity index (χ0v) is 20.0. The predicted octanol–water partition coefficient (Wildman–Crippen LogP) is 8.58. The van der Waals surface area contributed by atoms with E-state index < -0.39 is 0 Å². The molecule has 32 heavy (non-hydrogen) atoms. The third-order valence-corrected chi connectivity index (χ3v) is 6.69. The molecule has 2 nitrogen and oxygen atoms in total.